The number of carbonyl (C=O) groups is 2. The summed E-state index contributed by atoms with van der Waals surface area (Å²) in [6, 6.07) is 23.2. The van der Waals surface area contributed by atoms with Gasteiger partial charge in [-0.15, -0.1) is 0 Å². The van der Waals surface area contributed by atoms with Gasteiger partial charge in [-0.2, -0.15) is 0 Å². The van der Waals surface area contributed by atoms with Gasteiger partial charge in [-0.3, -0.25) is 19.7 Å². The summed E-state index contributed by atoms with van der Waals surface area (Å²) in [7, 11) is 0. The van der Waals surface area contributed by atoms with Crippen LogP contribution >= 0.6 is 23.2 Å². The summed E-state index contributed by atoms with van der Waals surface area (Å²) < 4.78 is 6.30. The Morgan fingerprint density at radius 2 is 1.52 bits per heavy atom. The Balaban J connectivity index is 1.40. The van der Waals surface area contributed by atoms with Crippen LogP contribution in [0.15, 0.2) is 84.0 Å². The van der Waals surface area contributed by atoms with Crippen LogP contribution in [0, 0.1) is 19.8 Å². The first-order valence-corrected chi connectivity index (χ1v) is 19.5. The number of benzene rings is 3. The number of nitrogens with zero attached hydrogens (tertiary/aromatic N) is 4. The van der Waals surface area contributed by atoms with Gasteiger partial charge in [-0.05, 0) is 106 Å². The fourth-order valence-corrected chi connectivity index (χ4v) is 7.91. The van der Waals surface area contributed by atoms with E-state index in [0.29, 0.717) is 66.2 Å². The van der Waals surface area contributed by atoms with Crippen molar-refractivity contribution in [2.45, 2.75) is 91.1 Å². The lowest BCUT2D eigenvalue weighted by Gasteiger charge is -2.47. The number of likely N-dealkylation sites (tertiary alicyclic amines) is 1. The largest absolute Gasteiger partial charge is 0.493 e. The van der Waals surface area contributed by atoms with Crippen molar-refractivity contribution in [2.75, 3.05) is 25.0 Å². The second kappa shape index (κ2) is 15.4. The van der Waals surface area contributed by atoms with Crippen LogP contribution in [0.25, 0.3) is 0 Å². The van der Waals surface area contributed by atoms with E-state index in [2.05, 4.69) is 39.9 Å². The zero-order chi connectivity index (χ0) is 39.0. The molecule has 2 atom stereocenters. The lowest BCUT2D eigenvalue weighted by Crippen LogP contribution is -2.59. The SMILES string of the molecule is CCOc1cc(C(C)(C)C)ncc1C1=N[C@@](C)(c2ccc(Cl)cc2)[C@@](C)(c2ccc(Cl)cc2)N1C(=O)N1CCC(CC(=O)Nc2cc(C)ccc2C)CC1. The molecule has 0 radical (unpaired) electrons. The molecule has 284 valence electrons. The van der Waals surface area contributed by atoms with Crippen molar-refractivity contribution in [1.29, 1.82) is 0 Å². The van der Waals surface area contributed by atoms with Gasteiger partial charge in [-0.1, -0.05) is 80.4 Å². The maximum atomic E-state index is 15.3. The predicted octanol–water partition coefficient (Wildman–Crippen LogP) is 10.5. The number of rotatable bonds is 8. The second-order valence-electron chi connectivity index (χ2n) is 16.0. The normalized spacial score (nSPS) is 20.5. The Hall–Kier alpha value is -4.40. The van der Waals surface area contributed by atoms with Crippen LogP contribution in [0.4, 0.5) is 10.5 Å². The number of aryl methyl sites for hydroxylation is 2. The molecule has 6 rings (SSSR count). The molecular weight excluding hydrogens is 717 g/mol. The smallest absolute Gasteiger partial charge is 0.326 e. The lowest BCUT2D eigenvalue weighted by molar-refractivity contribution is -0.117. The van der Waals surface area contributed by atoms with Gasteiger partial charge in [-0.25, -0.2) is 4.79 Å². The molecule has 0 saturated carbocycles. The molecule has 1 fully saturated rings. The van der Waals surface area contributed by atoms with E-state index in [4.69, 9.17) is 37.9 Å². The number of piperidine rings is 1. The zero-order valence-corrected chi connectivity index (χ0v) is 34.1. The number of urea groups is 1. The van der Waals surface area contributed by atoms with Crippen molar-refractivity contribution < 1.29 is 14.3 Å². The Morgan fingerprint density at radius 3 is 2.11 bits per heavy atom. The summed E-state index contributed by atoms with van der Waals surface area (Å²) in [6.07, 6.45) is 3.59. The third-order valence-electron chi connectivity index (χ3n) is 11.1. The molecule has 4 aromatic rings. The number of hydrogen-bond donors (Lipinski definition) is 1. The van der Waals surface area contributed by atoms with Crippen LogP contribution in [-0.4, -0.2) is 52.3 Å². The van der Waals surface area contributed by atoms with Crippen LogP contribution in [0.5, 0.6) is 5.75 Å². The van der Waals surface area contributed by atoms with Gasteiger partial charge >= 0.3 is 6.03 Å². The first kappa shape index (κ1) is 39.3. The van der Waals surface area contributed by atoms with Gasteiger partial charge in [0.25, 0.3) is 0 Å². The fraction of sp³-hybridized carbons (Fsp3) is 0.409. The standard InChI is InChI=1S/C44H51Cl2N5O3/c1-9-54-37-26-38(42(4,5)6)47-27-35(37)40-49-43(7,31-12-16-33(45)17-13-31)44(8,32-14-18-34(46)19-15-32)51(40)41(53)50-22-20-30(21-23-50)25-39(52)48-36-24-28(2)10-11-29(36)3/h10-19,24,26-27,30H,9,20-23,25H2,1-8H3,(H,48,52)/t43-,44+/m0/s1. The summed E-state index contributed by atoms with van der Waals surface area (Å²) in [5, 5.41) is 4.31. The topological polar surface area (TPSA) is 87.1 Å². The van der Waals surface area contributed by atoms with Crippen LogP contribution in [0.3, 0.4) is 0 Å². The van der Waals surface area contributed by atoms with Gasteiger partial charge in [0.1, 0.15) is 22.7 Å². The number of aromatic nitrogens is 1. The van der Waals surface area contributed by atoms with E-state index in [1.165, 1.54) is 0 Å². The number of nitrogens with one attached hydrogen (secondary N) is 1. The van der Waals surface area contributed by atoms with E-state index >= 15 is 4.79 Å². The molecular formula is C44H51Cl2N5O3. The Kier molecular flexibility index (Phi) is 11.2. The summed E-state index contributed by atoms with van der Waals surface area (Å²) in [4.78, 5) is 42.7. The number of carbonyl (C=O) groups excluding carboxylic acids is 2. The number of ether oxygens (including phenoxy) is 1. The quantitative estimate of drug-likeness (QED) is 0.193. The number of anilines is 1. The molecule has 2 aliphatic heterocycles. The minimum Gasteiger partial charge on any atom is -0.493 e. The first-order valence-electron chi connectivity index (χ1n) is 18.8. The first-order chi connectivity index (χ1) is 25.5. The molecule has 1 aromatic heterocycles. The van der Waals surface area contributed by atoms with Crippen molar-refractivity contribution in [1.82, 2.24) is 14.8 Å². The Bertz CT molecular complexity index is 2050. The van der Waals surface area contributed by atoms with Gasteiger partial charge in [0, 0.05) is 58.6 Å². The zero-order valence-electron chi connectivity index (χ0n) is 32.6. The van der Waals surface area contributed by atoms with E-state index in [1.807, 2.05) is 103 Å². The molecule has 2 aliphatic rings. The second-order valence-corrected chi connectivity index (χ2v) is 16.8. The number of aliphatic imine (C=N–C) groups is 1. The monoisotopic (exact) mass is 767 g/mol. The predicted molar refractivity (Wildman–Crippen MR) is 219 cm³/mol. The molecule has 3 aromatic carbocycles. The molecule has 0 aliphatic carbocycles. The number of halogens is 2. The van der Waals surface area contributed by atoms with E-state index in [1.54, 1.807) is 6.20 Å². The molecule has 10 heteroatoms. The highest BCUT2D eigenvalue weighted by molar-refractivity contribution is 6.30. The number of hydrogen-bond acceptors (Lipinski definition) is 5. The Labute approximate surface area is 329 Å². The van der Waals surface area contributed by atoms with E-state index in [-0.39, 0.29) is 23.3 Å². The minimum atomic E-state index is -1.04. The van der Waals surface area contributed by atoms with E-state index in [9.17, 15) is 4.79 Å². The van der Waals surface area contributed by atoms with Crippen molar-refractivity contribution in [3.05, 3.63) is 123 Å². The highest BCUT2D eigenvalue weighted by Gasteiger charge is 2.60. The van der Waals surface area contributed by atoms with Crippen LogP contribution in [-0.2, 0) is 21.3 Å². The molecule has 1 saturated heterocycles. The molecule has 0 bridgehead atoms. The maximum Gasteiger partial charge on any atom is 0.326 e. The van der Waals surface area contributed by atoms with Crippen LogP contribution in [0.2, 0.25) is 10.0 Å². The maximum absolute atomic E-state index is 15.3. The number of amidine groups is 1. The summed E-state index contributed by atoms with van der Waals surface area (Å²) in [5.74, 6) is 1.22. The molecule has 0 unspecified atom stereocenters. The molecule has 3 amide bonds. The van der Waals surface area contributed by atoms with Crippen LogP contribution in [0.1, 0.15) is 94.3 Å². The fourth-order valence-electron chi connectivity index (χ4n) is 7.66. The van der Waals surface area contributed by atoms with Gasteiger partial charge in [0.05, 0.1) is 12.2 Å². The molecule has 3 heterocycles. The molecule has 54 heavy (non-hydrogen) atoms. The summed E-state index contributed by atoms with van der Waals surface area (Å²) in [6.45, 7) is 17.9. The lowest BCUT2D eigenvalue weighted by atomic mass is 9.71. The third kappa shape index (κ3) is 7.60. The van der Waals surface area contributed by atoms with Crippen molar-refractivity contribution >= 4 is 46.7 Å². The third-order valence-corrected chi connectivity index (χ3v) is 11.6. The minimum absolute atomic E-state index is 0.00820. The highest BCUT2D eigenvalue weighted by Crippen LogP contribution is 2.54. The Morgan fingerprint density at radius 1 is 0.907 bits per heavy atom. The van der Waals surface area contributed by atoms with E-state index < -0.39 is 11.1 Å². The molecule has 8 nitrogen and oxygen atoms in total. The van der Waals surface area contributed by atoms with Crippen molar-refractivity contribution in [3.63, 3.8) is 0 Å². The van der Waals surface area contributed by atoms with Gasteiger partial charge < -0.3 is 15.0 Å². The van der Waals surface area contributed by atoms with E-state index in [0.717, 1.165) is 33.6 Å². The summed E-state index contributed by atoms with van der Waals surface area (Å²) in [5.41, 5.74) is 3.99. The number of pyridine rings is 1. The van der Waals surface area contributed by atoms with Gasteiger partial charge in [0.15, 0.2) is 0 Å². The summed E-state index contributed by atoms with van der Waals surface area (Å²) >= 11 is 12.9. The molecule has 1 N–H and O–H groups in total. The van der Waals surface area contributed by atoms with Crippen molar-refractivity contribution in [2.24, 2.45) is 10.9 Å². The van der Waals surface area contributed by atoms with Crippen molar-refractivity contribution in [3.8, 4) is 5.75 Å². The molecule has 0 spiro atoms. The average molecular weight is 769 g/mol. The van der Waals surface area contributed by atoms with Gasteiger partial charge in [0.2, 0.25) is 5.91 Å². The number of amides is 3. The highest BCUT2D eigenvalue weighted by atomic mass is 35.5. The van der Waals surface area contributed by atoms with Crippen LogP contribution < -0.4 is 10.1 Å². The average Bonchev–Trinajstić information content (AvgIpc) is 3.37.